The first-order valence-corrected chi connectivity index (χ1v) is 7.19. The maximum absolute atomic E-state index is 5.70. The van der Waals surface area contributed by atoms with Crippen LogP contribution in [0.1, 0.15) is 43.0 Å². The van der Waals surface area contributed by atoms with Crippen molar-refractivity contribution >= 4 is 27.3 Å². The van der Waals surface area contributed by atoms with Gasteiger partial charge in [0, 0.05) is 9.35 Å². The van der Waals surface area contributed by atoms with Crippen LogP contribution in [0.5, 0.6) is 0 Å². The molecular weight excluding hydrogens is 272 g/mol. The van der Waals surface area contributed by atoms with Gasteiger partial charge in [0.1, 0.15) is 0 Å². The van der Waals surface area contributed by atoms with E-state index in [0.29, 0.717) is 12.0 Å². The Hall–Kier alpha value is 0.100. The van der Waals surface area contributed by atoms with Crippen LogP contribution in [-0.2, 0) is 0 Å². The van der Waals surface area contributed by atoms with Crippen LogP contribution >= 0.6 is 27.3 Å². The van der Waals surface area contributed by atoms with Gasteiger partial charge in [-0.3, -0.25) is 11.3 Å². The number of hydrogen-bond acceptors (Lipinski definition) is 3. The third kappa shape index (κ3) is 2.61. The van der Waals surface area contributed by atoms with E-state index in [4.69, 9.17) is 5.84 Å². The van der Waals surface area contributed by atoms with Crippen molar-refractivity contribution in [3.05, 3.63) is 20.8 Å². The molecule has 1 heterocycles. The number of thiophene rings is 1. The molecule has 2 rings (SSSR count). The van der Waals surface area contributed by atoms with E-state index in [9.17, 15) is 0 Å². The van der Waals surface area contributed by atoms with E-state index in [1.807, 2.05) is 0 Å². The summed E-state index contributed by atoms with van der Waals surface area (Å²) in [5, 5.41) is 2.12. The lowest BCUT2D eigenvalue weighted by molar-refractivity contribution is 0.276. The molecule has 4 heteroatoms. The summed E-state index contributed by atoms with van der Waals surface area (Å²) in [7, 11) is 0. The van der Waals surface area contributed by atoms with Crippen LogP contribution in [0.4, 0.5) is 0 Å². The van der Waals surface area contributed by atoms with E-state index in [2.05, 4.69) is 32.8 Å². The number of hydrazine groups is 1. The van der Waals surface area contributed by atoms with Crippen molar-refractivity contribution in [3.8, 4) is 0 Å². The standard InChI is InChI=1S/C11H17BrN2S/c12-9-6-7-15-11(9)10(14-13)8-4-2-1-3-5-8/h6-8,10,14H,1-5,13H2. The third-order valence-corrected chi connectivity index (χ3v) is 5.18. The molecule has 0 spiro atoms. The Morgan fingerprint density at radius 2 is 2.13 bits per heavy atom. The molecule has 1 saturated carbocycles. The van der Waals surface area contributed by atoms with Crippen LogP contribution in [0.3, 0.4) is 0 Å². The second-order valence-electron chi connectivity index (χ2n) is 4.18. The van der Waals surface area contributed by atoms with Crippen molar-refractivity contribution in [1.82, 2.24) is 5.43 Å². The number of nitrogens with one attached hydrogen (secondary N) is 1. The van der Waals surface area contributed by atoms with Gasteiger partial charge in [-0.15, -0.1) is 11.3 Å². The molecule has 2 nitrogen and oxygen atoms in total. The maximum Gasteiger partial charge on any atom is 0.0592 e. The van der Waals surface area contributed by atoms with E-state index in [0.717, 1.165) is 0 Å². The van der Waals surface area contributed by atoms with Gasteiger partial charge in [-0.25, -0.2) is 0 Å². The zero-order valence-corrected chi connectivity index (χ0v) is 11.1. The van der Waals surface area contributed by atoms with Gasteiger partial charge in [-0.05, 0) is 46.1 Å². The monoisotopic (exact) mass is 288 g/mol. The molecule has 0 amide bonds. The Bertz CT molecular complexity index is 307. The topological polar surface area (TPSA) is 38.0 Å². The van der Waals surface area contributed by atoms with Gasteiger partial charge in [0.2, 0.25) is 0 Å². The van der Waals surface area contributed by atoms with Gasteiger partial charge in [0.25, 0.3) is 0 Å². The van der Waals surface area contributed by atoms with Crippen molar-refractivity contribution in [2.24, 2.45) is 11.8 Å². The third-order valence-electron chi connectivity index (χ3n) is 3.23. The Morgan fingerprint density at radius 3 is 2.67 bits per heavy atom. The molecule has 15 heavy (non-hydrogen) atoms. The molecule has 3 N–H and O–H groups in total. The van der Waals surface area contributed by atoms with E-state index in [1.165, 1.54) is 41.5 Å². The van der Waals surface area contributed by atoms with Crippen molar-refractivity contribution in [2.45, 2.75) is 38.1 Å². The molecule has 1 aromatic rings. The first-order chi connectivity index (χ1) is 7.33. The van der Waals surface area contributed by atoms with E-state index < -0.39 is 0 Å². The smallest absolute Gasteiger partial charge is 0.0592 e. The van der Waals surface area contributed by atoms with Gasteiger partial charge >= 0.3 is 0 Å². The molecule has 1 aromatic heterocycles. The van der Waals surface area contributed by atoms with Crippen LogP contribution in [0, 0.1) is 5.92 Å². The summed E-state index contributed by atoms with van der Waals surface area (Å²) in [4.78, 5) is 1.35. The summed E-state index contributed by atoms with van der Waals surface area (Å²) >= 11 is 5.38. The first kappa shape index (κ1) is 11.6. The summed E-state index contributed by atoms with van der Waals surface area (Å²) in [5.74, 6) is 6.41. The van der Waals surface area contributed by atoms with Crippen molar-refractivity contribution in [1.29, 1.82) is 0 Å². The lowest BCUT2D eigenvalue weighted by Gasteiger charge is -2.29. The van der Waals surface area contributed by atoms with Crippen LogP contribution in [0.2, 0.25) is 0 Å². The molecule has 1 aliphatic carbocycles. The molecule has 0 bridgehead atoms. The zero-order valence-electron chi connectivity index (χ0n) is 8.71. The fraction of sp³-hybridized carbons (Fsp3) is 0.636. The number of halogens is 1. The van der Waals surface area contributed by atoms with Crippen molar-refractivity contribution in [2.75, 3.05) is 0 Å². The fourth-order valence-electron chi connectivity index (χ4n) is 2.42. The number of rotatable bonds is 3. The van der Waals surface area contributed by atoms with Crippen LogP contribution in [-0.4, -0.2) is 0 Å². The SMILES string of the molecule is NNC(c1sccc1Br)C1CCCCC1. The summed E-state index contributed by atoms with van der Waals surface area (Å²) in [5.41, 5.74) is 3.00. The molecule has 0 aromatic carbocycles. The Labute approximate surface area is 103 Å². The highest BCUT2D eigenvalue weighted by atomic mass is 79.9. The molecule has 1 aliphatic rings. The molecule has 1 unspecified atom stereocenters. The average molecular weight is 289 g/mol. The van der Waals surface area contributed by atoms with Crippen LogP contribution in [0.25, 0.3) is 0 Å². The summed E-state index contributed by atoms with van der Waals surface area (Å²) in [6, 6.07) is 2.44. The molecule has 0 radical (unpaired) electrons. The average Bonchev–Trinajstić information content (AvgIpc) is 2.68. The Kier molecular flexibility index (Phi) is 4.20. The van der Waals surface area contributed by atoms with Gasteiger partial charge in [-0.2, -0.15) is 0 Å². The van der Waals surface area contributed by atoms with E-state index in [1.54, 1.807) is 11.3 Å². The van der Waals surface area contributed by atoms with E-state index >= 15 is 0 Å². The Morgan fingerprint density at radius 1 is 1.40 bits per heavy atom. The fourth-order valence-corrected chi connectivity index (χ4v) is 4.19. The van der Waals surface area contributed by atoms with Crippen LogP contribution < -0.4 is 11.3 Å². The second-order valence-corrected chi connectivity index (χ2v) is 5.98. The highest BCUT2D eigenvalue weighted by molar-refractivity contribution is 9.10. The largest absolute Gasteiger partial charge is 0.271 e. The lowest BCUT2D eigenvalue weighted by atomic mass is 9.83. The lowest BCUT2D eigenvalue weighted by Crippen LogP contribution is -2.34. The maximum atomic E-state index is 5.70. The summed E-state index contributed by atoms with van der Waals surface area (Å²) in [6.07, 6.45) is 6.70. The zero-order chi connectivity index (χ0) is 10.7. The molecule has 84 valence electrons. The number of nitrogens with two attached hydrogens (primary N) is 1. The van der Waals surface area contributed by atoms with Gasteiger partial charge in [0.15, 0.2) is 0 Å². The molecule has 1 fully saturated rings. The minimum absolute atomic E-state index is 0.333. The van der Waals surface area contributed by atoms with Crippen molar-refractivity contribution < 1.29 is 0 Å². The minimum atomic E-state index is 0.333. The van der Waals surface area contributed by atoms with E-state index in [-0.39, 0.29) is 0 Å². The van der Waals surface area contributed by atoms with Crippen LogP contribution in [0.15, 0.2) is 15.9 Å². The van der Waals surface area contributed by atoms with Gasteiger partial charge in [-0.1, -0.05) is 19.3 Å². The molecule has 1 atom stereocenters. The highest BCUT2D eigenvalue weighted by Crippen LogP contribution is 2.38. The van der Waals surface area contributed by atoms with Gasteiger partial charge in [0.05, 0.1) is 6.04 Å². The predicted octanol–water partition coefficient (Wildman–Crippen LogP) is 3.60. The normalized spacial score (nSPS) is 20.4. The van der Waals surface area contributed by atoms with Gasteiger partial charge < -0.3 is 0 Å². The highest BCUT2D eigenvalue weighted by Gasteiger charge is 2.26. The molecule has 0 saturated heterocycles. The summed E-state index contributed by atoms with van der Waals surface area (Å²) < 4.78 is 1.20. The number of hydrogen-bond donors (Lipinski definition) is 2. The molecular formula is C11H17BrN2S. The molecule has 0 aliphatic heterocycles. The summed E-state index contributed by atoms with van der Waals surface area (Å²) in [6.45, 7) is 0. The quantitative estimate of drug-likeness (QED) is 0.659. The predicted molar refractivity (Wildman–Crippen MR) is 68.7 cm³/mol. The van der Waals surface area contributed by atoms with Crippen molar-refractivity contribution in [3.63, 3.8) is 0 Å². The first-order valence-electron chi connectivity index (χ1n) is 5.52. The Balaban J connectivity index is 2.12. The second kappa shape index (κ2) is 5.43. The minimum Gasteiger partial charge on any atom is -0.271 e.